The minimum absolute atomic E-state index is 0.221. The van der Waals surface area contributed by atoms with Crippen LogP contribution in [0.2, 0.25) is 0 Å². The van der Waals surface area contributed by atoms with Gasteiger partial charge in [-0.1, -0.05) is 48.5 Å². The van der Waals surface area contributed by atoms with Gasteiger partial charge in [0, 0.05) is 0 Å². The quantitative estimate of drug-likeness (QED) is 0.565. The summed E-state index contributed by atoms with van der Waals surface area (Å²) in [5, 5.41) is 10.2. The average Bonchev–Trinajstić information content (AvgIpc) is 3.00. The van der Waals surface area contributed by atoms with E-state index >= 15 is 0 Å². The Morgan fingerprint density at radius 1 is 0.773 bits per heavy atom. The van der Waals surface area contributed by atoms with E-state index in [0.29, 0.717) is 11.4 Å². The molecule has 0 spiro atoms. The van der Waals surface area contributed by atoms with E-state index in [1.54, 1.807) is 6.07 Å². The van der Waals surface area contributed by atoms with Crippen LogP contribution in [0.25, 0.3) is 33.5 Å². The van der Waals surface area contributed by atoms with Crippen molar-refractivity contribution in [2.24, 2.45) is 0 Å². The van der Waals surface area contributed by atoms with Crippen LogP contribution in [0.15, 0.2) is 72.8 Å². The first kappa shape index (κ1) is 12.7. The lowest BCUT2D eigenvalue weighted by Gasteiger charge is -2.06. The van der Waals surface area contributed by atoms with Gasteiger partial charge in [0.2, 0.25) is 0 Å². The molecule has 0 bridgehead atoms. The van der Waals surface area contributed by atoms with E-state index in [9.17, 15) is 5.11 Å². The predicted molar refractivity (Wildman–Crippen MR) is 88.6 cm³/mol. The number of benzene rings is 3. The summed E-state index contributed by atoms with van der Waals surface area (Å²) in [6.07, 6.45) is 0. The van der Waals surface area contributed by atoms with Gasteiger partial charge in [0.25, 0.3) is 0 Å². The summed E-state index contributed by atoms with van der Waals surface area (Å²) in [5.74, 6) is 0.898. The topological polar surface area (TPSA) is 48.9 Å². The zero-order valence-electron chi connectivity index (χ0n) is 11.8. The summed E-state index contributed by atoms with van der Waals surface area (Å²) in [5.41, 5.74) is 4.72. The molecular formula is C19H14N2O. The van der Waals surface area contributed by atoms with Crippen molar-refractivity contribution in [1.29, 1.82) is 0 Å². The normalized spacial score (nSPS) is 10.9. The Morgan fingerprint density at radius 3 is 2.36 bits per heavy atom. The van der Waals surface area contributed by atoms with Crippen molar-refractivity contribution in [3.05, 3.63) is 72.8 Å². The minimum Gasteiger partial charge on any atom is -0.507 e. The molecule has 1 aromatic heterocycles. The number of aromatic amines is 1. The first-order valence-electron chi connectivity index (χ1n) is 7.15. The summed E-state index contributed by atoms with van der Waals surface area (Å²) < 4.78 is 0. The third-order valence-corrected chi connectivity index (χ3v) is 3.75. The number of nitrogens with zero attached hydrogens (tertiary/aromatic N) is 1. The summed E-state index contributed by atoms with van der Waals surface area (Å²) >= 11 is 0. The molecule has 0 aliphatic rings. The summed E-state index contributed by atoms with van der Waals surface area (Å²) in [4.78, 5) is 7.82. The Balaban J connectivity index is 1.87. The van der Waals surface area contributed by atoms with Gasteiger partial charge in [0.15, 0.2) is 0 Å². The summed E-state index contributed by atoms with van der Waals surface area (Å²) in [6.45, 7) is 0. The fraction of sp³-hybridized carbons (Fsp3) is 0. The highest BCUT2D eigenvalue weighted by molar-refractivity contribution is 5.82. The molecule has 0 radical (unpaired) electrons. The smallest absolute Gasteiger partial charge is 0.142 e. The number of aromatic nitrogens is 2. The Labute approximate surface area is 127 Å². The third-order valence-electron chi connectivity index (χ3n) is 3.75. The highest BCUT2D eigenvalue weighted by atomic mass is 16.3. The van der Waals surface area contributed by atoms with Crippen LogP contribution in [0.5, 0.6) is 5.75 Å². The molecule has 4 aromatic rings. The molecule has 0 saturated heterocycles. The van der Waals surface area contributed by atoms with Crippen molar-refractivity contribution in [3.63, 3.8) is 0 Å². The molecule has 1 heterocycles. The maximum atomic E-state index is 10.2. The van der Waals surface area contributed by atoms with Gasteiger partial charge < -0.3 is 10.1 Å². The second-order valence-electron chi connectivity index (χ2n) is 5.20. The number of fused-ring (bicyclic) bond motifs is 1. The van der Waals surface area contributed by atoms with E-state index in [1.807, 2.05) is 54.6 Å². The standard InChI is InChI=1S/C19H14N2O/c22-18-11-10-14(13-6-2-1-3-7-13)12-15(18)19-20-16-8-4-5-9-17(16)21-19/h1-12,22H,(H,20,21). The lowest BCUT2D eigenvalue weighted by Crippen LogP contribution is -1.84. The zero-order valence-corrected chi connectivity index (χ0v) is 11.8. The first-order valence-corrected chi connectivity index (χ1v) is 7.15. The van der Waals surface area contributed by atoms with Crippen LogP contribution in [-0.4, -0.2) is 15.1 Å². The van der Waals surface area contributed by atoms with Crippen molar-refractivity contribution in [3.8, 4) is 28.3 Å². The van der Waals surface area contributed by atoms with E-state index in [-0.39, 0.29) is 5.75 Å². The van der Waals surface area contributed by atoms with E-state index in [1.165, 1.54) is 0 Å². The monoisotopic (exact) mass is 286 g/mol. The molecule has 22 heavy (non-hydrogen) atoms. The molecule has 3 aromatic carbocycles. The lowest BCUT2D eigenvalue weighted by molar-refractivity contribution is 0.477. The second-order valence-corrected chi connectivity index (χ2v) is 5.20. The molecule has 2 N–H and O–H groups in total. The van der Waals surface area contributed by atoms with E-state index in [2.05, 4.69) is 22.1 Å². The van der Waals surface area contributed by atoms with Gasteiger partial charge >= 0.3 is 0 Å². The van der Waals surface area contributed by atoms with Gasteiger partial charge in [-0.3, -0.25) is 0 Å². The van der Waals surface area contributed by atoms with Crippen molar-refractivity contribution in [1.82, 2.24) is 9.97 Å². The lowest BCUT2D eigenvalue weighted by atomic mass is 10.0. The molecule has 0 unspecified atom stereocenters. The van der Waals surface area contributed by atoms with E-state index in [4.69, 9.17) is 0 Å². The fourth-order valence-corrected chi connectivity index (χ4v) is 2.62. The zero-order chi connectivity index (χ0) is 14.9. The van der Waals surface area contributed by atoms with Crippen LogP contribution in [-0.2, 0) is 0 Å². The Kier molecular flexibility index (Phi) is 2.90. The number of para-hydroxylation sites is 2. The molecule has 3 heteroatoms. The number of imidazole rings is 1. The molecule has 0 saturated carbocycles. The van der Waals surface area contributed by atoms with E-state index in [0.717, 1.165) is 22.2 Å². The van der Waals surface area contributed by atoms with Gasteiger partial charge in [0.1, 0.15) is 11.6 Å². The number of phenols is 1. The van der Waals surface area contributed by atoms with Crippen molar-refractivity contribution in [2.45, 2.75) is 0 Å². The molecule has 0 fully saturated rings. The molecule has 0 atom stereocenters. The molecule has 0 amide bonds. The van der Waals surface area contributed by atoms with Gasteiger partial charge in [0.05, 0.1) is 16.6 Å². The van der Waals surface area contributed by atoms with Crippen LogP contribution < -0.4 is 0 Å². The largest absolute Gasteiger partial charge is 0.507 e. The molecule has 3 nitrogen and oxygen atoms in total. The molecule has 106 valence electrons. The number of rotatable bonds is 2. The Morgan fingerprint density at radius 2 is 1.55 bits per heavy atom. The number of aromatic hydroxyl groups is 1. The van der Waals surface area contributed by atoms with Crippen molar-refractivity contribution >= 4 is 11.0 Å². The van der Waals surface area contributed by atoms with Crippen molar-refractivity contribution < 1.29 is 5.11 Å². The molecular weight excluding hydrogens is 272 g/mol. The van der Waals surface area contributed by atoms with Crippen molar-refractivity contribution in [2.75, 3.05) is 0 Å². The molecule has 0 aliphatic heterocycles. The number of hydrogen-bond donors (Lipinski definition) is 2. The highest BCUT2D eigenvalue weighted by Crippen LogP contribution is 2.32. The van der Waals surface area contributed by atoms with Crippen LogP contribution in [0.1, 0.15) is 0 Å². The SMILES string of the molecule is Oc1ccc(-c2ccccc2)cc1-c1nc2ccccc2[nH]1. The molecule has 4 rings (SSSR count). The van der Waals surface area contributed by atoms with Crippen LogP contribution in [0.4, 0.5) is 0 Å². The fourth-order valence-electron chi connectivity index (χ4n) is 2.62. The van der Waals surface area contributed by atoms with Gasteiger partial charge in [-0.25, -0.2) is 4.98 Å². The number of H-pyrrole nitrogens is 1. The Bertz CT molecular complexity index is 909. The number of phenolic OH excluding ortho intramolecular Hbond substituents is 1. The van der Waals surface area contributed by atoms with Crippen LogP contribution in [0, 0.1) is 0 Å². The highest BCUT2D eigenvalue weighted by Gasteiger charge is 2.11. The van der Waals surface area contributed by atoms with E-state index < -0.39 is 0 Å². The van der Waals surface area contributed by atoms with Crippen LogP contribution >= 0.6 is 0 Å². The first-order chi connectivity index (χ1) is 10.8. The predicted octanol–water partition coefficient (Wildman–Crippen LogP) is 4.60. The van der Waals surface area contributed by atoms with Crippen LogP contribution in [0.3, 0.4) is 0 Å². The second kappa shape index (κ2) is 5.04. The summed E-state index contributed by atoms with van der Waals surface area (Å²) in [6, 6.07) is 23.5. The maximum absolute atomic E-state index is 10.2. The molecule has 0 aliphatic carbocycles. The van der Waals surface area contributed by atoms with Gasteiger partial charge in [-0.05, 0) is 35.4 Å². The Hall–Kier alpha value is -3.07. The summed E-state index contributed by atoms with van der Waals surface area (Å²) in [7, 11) is 0. The maximum Gasteiger partial charge on any atom is 0.142 e. The third kappa shape index (κ3) is 2.13. The van der Waals surface area contributed by atoms with Gasteiger partial charge in [-0.15, -0.1) is 0 Å². The number of hydrogen-bond acceptors (Lipinski definition) is 2. The average molecular weight is 286 g/mol. The minimum atomic E-state index is 0.221. The van der Waals surface area contributed by atoms with Gasteiger partial charge in [-0.2, -0.15) is 0 Å². The number of nitrogens with one attached hydrogen (secondary N) is 1.